The van der Waals surface area contributed by atoms with Crippen LogP contribution in [0, 0.1) is 0 Å². The van der Waals surface area contributed by atoms with Gasteiger partial charge in [-0.1, -0.05) is 45.7 Å². The van der Waals surface area contributed by atoms with Crippen LogP contribution >= 0.6 is 27.5 Å². The van der Waals surface area contributed by atoms with Crippen LogP contribution in [0.25, 0.3) is 6.08 Å². The van der Waals surface area contributed by atoms with Gasteiger partial charge in [0.1, 0.15) is 0 Å². The zero-order valence-corrected chi connectivity index (χ0v) is 14.1. The number of allylic oxidation sites excluding steroid dienone is 1. The van der Waals surface area contributed by atoms with E-state index in [4.69, 9.17) is 11.6 Å². The third-order valence-corrected chi connectivity index (χ3v) is 3.72. The second-order valence-electron chi connectivity index (χ2n) is 4.52. The van der Waals surface area contributed by atoms with Gasteiger partial charge in [-0.25, -0.2) is 0 Å². The van der Waals surface area contributed by atoms with Gasteiger partial charge in [0.05, 0.1) is 11.3 Å². The van der Waals surface area contributed by atoms with Crippen molar-refractivity contribution in [2.24, 2.45) is 0 Å². The molecule has 5 heteroatoms. The highest BCUT2D eigenvalue weighted by atomic mass is 79.9. The Balaban J connectivity index is 2.40. The van der Waals surface area contributed by atoms with Crippen molar-refractivity contribution in [2.45, 2.75) is 0 Å². The van der Waals surface area contributed by atoms with E-state index in [1.807, 2.05) is 6.07 Å². The molecule has 0 aromatic heterocycles. The molecule has 0 unspecified atom stereocenters. The summed E-state index contributed by atoms with van der Waals surface area (Å²) in [7, 11) is 1.64. The lowest BCUT2D eigenvalue weighted by Gasteiger charge is -1.96. The summed E-state index contributed by atoms with van der Waals surface area (Å²) in [6.45, 7) is 0. The number of hydrogen-bond donors (Lipinski definition) is 1. The molecule has 0 heterocycles. The van der Waals surface area contributed by atoms with Crippen LogP contribution in [0.4, 0.5) is 5.69 Å². The zero-order valence-electron chi connectivity index (χ0n) is 11.8. The fourth-order valence-corrected chi connectivity index (χ4v) is 2.45. The number of benzene rings is 1. The van der Waals surface area contributed by atoms with Gasteiger partial charge in [-0.3, -0.25) is 9.59 Å². The van der Waals surface area contributed by atoms with E-state index in [1.54, 1.807) is 43.5 Å². The van der Waals surface area contributed by atoms with Gasteiger partial charge in [0.2, 0.25) is 5.43 Å². The molecule has 2 rings (SSSR count). The molecule has 22 heavy (non-hydrogen) atoms. The first-order valence-electron chi connectivity index (χ1n) is 6.51. The van der Waals surface area contributed by atoms with E-state index in [0.29, 0.717) is 15.2 Å². The Morgan fingerprint density at radius 2 is 2.00 bits per heavy atom. The molecule has 112 valence electrons. The summed E-state index contributed by atoms with van der Waals surface area (Å²) in [6, 6.07) is 12.0. The lowest BCUT2D eigenvalue weighted by Crippen LogP contribution is -2.14. The fraction of sp³-hybridized carbons (Fsp3) is 0.0588. The summed E-state index contributed by atoms with van der Waals surface area (Å²) < 4.78 is 0.658. The van der Waals surface area contributed by atoms with Crippen LogP contribution in [0.5, 0.6) is 0 Å². The third kappa shape index (κ3) is 4.06. The van der Waals surface area contributed by atoms with Crippen molar-refractivity contribution < 1.29 is 4.79 Å². The molecule has 0 radical (unpaired) electrons. The fourth-order valence-electron chi connectivity index (χ4n) is 1.89. The van der Waals surface area contributed by atoms with Gasteiger partial charge < -0.3 is 5.32 Å². The highest BCUT2D eigenvalue weighted by molar-refractivity contribution is 9.10. The van der Waals surface area contributed by atoms with Gasteiger partial charge in [-0.2, -0.15) is 0 Å². The Morgan fingerprint density at radius 3 is 2.68 bits per heavy atom. The van der Waals surface area contributed by atoms with E-state index in [1.165, 1.54) is 12.1 Å². The maximum Gasteiger partial charge on any atom is 0.212 e. The van der Waals surface area contributed by atoms with Crippen molar-refractivity contribution in [3.8, 4) is 0 Å². The van der Waals surface area contributed by atoms with E-state index in [9.17, 15) is 9.59 Å². The van der Waals surface area contributed by atoms with Gasteiger partial charge >= 0.3 is 0 Å². The molecule has 2 aromatic carbocycles. The predicted octanol–water partition coefficient (Wildman–Crippen LogP) is 4.40. The zero-order chi connectivity index (χ0) is 16.1. The monoisotopic (exact) mass is 377 g/mol. The SMILES string of the molecule is CNc1ccc(Br)cc(C(=O)C=Cc2cccc(Cl)c2)c1=O. The number of hydrogen-bond acceptors (Lipinski definition) is 3. The normalized spacial score (nSPS) is 10.7. The molecule has 2 aromatic rings. The second-order valence-corrected chi connectivity index (χ2v) is 5.87. The van der Waals surface area contributed by atoms with Crippen LogP contribution in [0.15, 0.2) is 57.8 Å². The van der Waals surface area contributed by atoms with Crippen LogP contribution in [0.1, 0.15) is 15.9 Å². The summed E-state index contributed by atoms with van der Waals surface area (Å²) in [5.41, 5.74) is 0.917. The first-order chi connectivity index (χ1) is 10.5. The first kappa shape index (κ1) is 16.5. The van der Waals surface area contributed by atoms with Gasteiger partial charge in [0.15, 0.2) is 5.78 Å². The van der Waals surface area contributed by atoms with Crippen LogP contribution in [-0.4, -0.2) is 12.8 Å². The number of carbonyl (C=O) groups is 1. The molecule has 0 fully saturated rings. The molecule has 0 aliphatic carbocycles. The summed E-state index contributed by atoms with van der Waals surface area (Å²) >= 11 is 9.20. The summed E-state index contributed by atoms with van der Waals surface area (Å²) in [5.74, 6) is -0.363. The van der Waals surface area contributed by atoms with E-state index in [0.717, 1.165) is 5.56 Å². The number of rotatable bonds is 4. The molecular formula is C17H13BrClNO2. The average molecular weight is 379 g/mol. The third-order valence-electron chi connectivity index (χ3n) is 2.99. The summed E-state index contributed by atoms with van der Waals surface area (Å²) in [4.78, 5) is 24.6. The minimum atomic E-state index is -0.363. The largest absolute Gasteiger partial charge is 0.385 e. The van der Waals surface area contributed by atoms with Gasteiger partial charge in [0, 0.05) is 16.5 Å². The van der Waals surface area contributed by atoms with Crippen molar-refractivity contribution in [2.75, 3.05) is 12.4 Å². The minimum absolute atomic E-state index is 0.0968. The molecule has 0 bridgehead atoms. The van der Waals surface area contributed by atoms with Crippen molar-refractivity contribution >= 4 is 45.1 Å². The topological polar surface area (TPSA) is 46.2 Å². The second kappa shape index (κ2) is 7.38. The summed E-state index contributed by atoms with van der Waals surface area (Å²) in [5, 5.41) is 3.38. The number of ketones is 1. The number of anilines is 1. The van der Waals surface area contributed by atoms with Gasteiger partial charge in [-0.15, -0.1) is 0 Å². The van der Waals surface area contributed by atoms with Gasteiger partial charge in [0.25, 0.3) is 0 Å². The minimum Gasteiger partial charge on any atom is -0.385 e. The Bertz CT molecular complexity index is 803. The van der Waals surface area contributed by atoms with E-state index in [-0.39, 0.29) is 16.8 Å². The van der Waals surface area contributed by atoms with E-state index >= 15 is 0 Å². The number of nitrogens with one attached hydrogen (secondary N) is 1. The van der Waals surface area contributed by atoms with E-state index in [2.05, 4.69) is 21.2 Å². The maximum absolute atomic E-state index is 12.3. The van der Waals surface area contributed by atoms with Crippen LogP contribution in [0.3, 0.4) is 0 Å². The predicted molar refractivity (Wildman–Crippen MR) is 94.8 cm³/mol. The number of halogens is 2. The summed E-state index contributed by atoms with van der Waals surface area (Å²) in [6.07, 6.45) is 3.00. The molecule has 0 amide bonds. The standard InChI is InChI=1S/C17H13BrClNO2/c1-20-15-7-6-12(18)10-14(17(15)22)16(21)8-5-11-3-2-4-13(19)9-11/h2-10H,1H3,(H,20,22). The van der Waals surface area contributed by atoms with Crippen molar-refractivity contribution in [1.29, 1.82) is 0 Å². The van der Waals surface area contributed by atoms with Crippen LogP contribution < -0.4 is 10.7 Å². The Labute approximate surface area is 141 Å². The van der Waals surface area contributed by atoms with Crippen LogP contribution in [-0.2, 0) is 0 Å². The molecule has 0 spiro atoms. The molecule has 1 N–H and O–H groups in total. The average Bonchev–Trinajstić information content (AvgIpc) is 2.64. The van der Waals surface area contributed by atoms with Crippen molar-refractivity contribution in [1.82, 2.24) is 0 Å². The van der Waals surface area contributed by atoms with Crippen molar-refractivity contribution in [3.05, 3.63) is 79.4 Å². The molecule has 0 aliphatic rings. The van der Waals surface area contributed by atoms with Crippen LogP contribution in [0.2, 0.25) is 5.02 Å². The highest BCUT2D eigenvalue weighted by Gasteiger charge is 2.10. The quantitative estimate of drug-likeness (QED) is 0.633. The number of carbonyl (C=O) groups excluding carboxylic acids is 1. The lowest BCUT2D eigenvalue weighted by molar-refractivity contribution is 0.104. The smallest absolute Gasteiger partial charge is 0.212 e. The molecule has 0 atom stereocenters. The highest BCUT2D eigenvalue weighted by Crippen LogP contribution is 2.14. The molecule has 3 nitrogen and oxygen atoms in total. The van der Waals surface area contributed by atoms with E-state index < -0.39 is 0 Å². The van der Waals surface area contributed by atoms with Crippen molar-refractivity contribution in [3.63, 3.8) is 0 Å². The Morgan fingerprint density at radius 1 is 1.23 bits per heavy atom. The lowest BCUT2D eigenvalue weighted by atomic mass is 10.1. The first-order valence-corrected chi connectivity index (χ1v) is 7.68. The molecule has 0 saturated heterocycles. The van der Waals surface area contributed by atoms with Gasteiger partial charge in [-0.05, 0) is 42.0 Å². The molecular weight excluding hydrogens is 366 g/mol. The molecule has 0 saturated carbocycles. The maximum atomic E-state index is 12.3. The molecule has 0 aliphatic heterocycles. The Kier molecular flexibility index (Phi) is 5.52. The Hall–Kier alpha value is -1.91.